The Labute approximate surface area is 170 Å². The highest BCUT2D eigenvalue weighted by molar-refractivity contribution is 6.24. The van der Waals surface area contributed by atoms with Crippen molar-refractivity contribution in [2.24, 2.45) is 0 Å². The molecule has 0 bridgehead atoms. The summed E-state index contributed by atoms with van der Waals surface area (Å²) >= 11 is 0. The molecule has 0 saturated carbocycles. The molecule has 2 aliphatic rings. The number of aromatic nitrogens is 2. The highest BCUT2D eigenvalue weighted by Gasteiger charge is 2.44. The number of amides is 5. The van der Waals surface area contributed by atoms with Crippen molar-refractivity contribution < 1.29 is 37.1 Å². The van der Waals surface area contributed by atoms with E-state index in [1.807, 2.05) is 4.98 Å². The Morgan fingerprint density at radius 2 is 1.84 bits per heavy atom. The van der Waals surface area contributed by atoms with Crippen LogP contribution in [0.5, 0.6) is 0 Å². The number of alkyl halides is 3. The molecular formula is C18H12F3N5O5. The van der Waals surface area contributed by atoms with Crippen LogP contribution in [-0.4, -0.2) is 50.4 Å². The molecule has 0 radical (unpaired) electrons. The average molecular weight is 435 g/mol. The number of hydrogen-bond acceptors (Lipinski definition) is 6. The number of rotatable bonds is 3. The largest absolute Gasteiger partial charge is 0.433 e. The lowest BCUT2D eigenvalue weighted by Gasteiger charge is -2.27. The number of piperidine rings is 1. The van der Waals surface area contributed by atoms with E-state index in [1.54, 1.807) is 0 Å². The minimum Gasteiger partial charge on any atom is -0.340 e. The minimum absolute atomic E-state index is 0.0287. The molecule has 1 aromatic carbocycles. The normalized spacial score (nSPS) is 18.8. The second-order valence-electron chi connectivity index (χ2n) is 6.79. The third kappa shape index (κ3) is 3.43. The summed E-state index contributed by atoms with van der Waals surface area (Å²) in [5.41, 5.74) is -2.44. The number of nitrogens with zero attached hydrogens (tertiary/aromatic N) is 2. The molecule has 3 N–H and O–H groups in total. The first-order chi connectivity index (χ1) is 14.6. The summed E-state index contributed by atoms with van der Waals surface area (Å²) in [4.78, 5) is 66.9. The molecule has 5 amide bonds. The van der Waals surface area contributed by atoms with Crippen LogP contribution in [0.15, 0.2) is 24.5 Å². The number of fused-ring (bicyclic) bond motifs is 1. The molecule has 1 fully saturated rings. The van der Waals surface area contributed by atoms with Gasteiger partial charge < -0.3 is 10.3 Å². The highest BCUT2D eigenvalue weighted by atomic mass is 19.4. The molecular weight excluding hydrogens is 423 g/mol. The maximum atomic E-state index is 12.9. The van der Waals surface area contributed by atoms with Gasteiger partial charge in [-0.15, -0.1) is 0 Å². The first-order valence-corrected chi connectivity index (χ1v) is 8.85. The second-order valence-corrected chi connectivity index (χ2v) is 6.79. The summed E-state index contributed by atoms with van der Waals surface area (Å²) in [6, 6.07) is 2.41. The smallest absolute Gasteiger partial charge is 0.340 e. The maximum Gasteiger partial charge on any atom is 0.433 e. The van der Waals surface area contributed by atoms with Crippen LogP contribution < -0.4 is 10.6 Å². The quantitative estimate of drug-likeness (QED) is 0.616. The molecule has 1 atom stereocenters. The van der Waals surface area contributed by atoms with Gasteiger partial charge in [0.05, 0.1) is 17.5 Å². The highest BCUT2D eigenvalue weighted by Crippen LogP contribution is 2.31. The zero-order chi connectivity index (χ0) is 22.5. The molecule has 10 nitrogen and oxygen atoms in total. The Morgan fingerprint density at radius 3 is 2.52 bits per heavy atom. The third-order valence-electron chi connectivity index (χ3n) is 4.84. The summed E-state index contributed by atoms with van der Waals surface area (Å²) in [7, 11) is 0. The van der Waals surface area contributed by atoms with Crippen molar-refractivity contribution in [3.63, 3.8) is 0 Å². The van der Waals surface area contributed by atoms with Crippen LogP contribution in [0.4, 0.5) is 18.9 Å². The van der Waals surface area contributed by atoms with E-state index in [9.17, 15) is 37.1 Å². The van der Waals surface area contributed by atoms with Crippen LogP contribution in [0.1, 0.15) is 49.7 Å². The number of carbonyl (C=O) groups is 5. The van der Waals surface area contributed by atoms with Gasteiger partial charge in [0.25, 0.3) is 17.7 Å². The molecule has 2 aromatic rings. The molecule has 1 unspecified atom stereocenters. The first kappa shape index (κ1) is 20.3. The Balaban J connectivity index is 1.58. The van der Waals surface area contributed by atoms with E-state index >= 15 is 0 Å². The number of benzene rings is 1. The molecule has 1 saturated heterocycles. The van der Waals surface area contributed by atoms with Gasteiger partial charge in [0.1, 0.15) is 6.04 Å². The average Bonchev–Trinajstić information content (AvgIpc) is 3.27. The number of nitrogens with one attached hydrogen (secondary N) is 3. The van der Waals surface area contributed by atoms with Gasteiger partial charge in [0.15, 0.2) is 11.4 Å². The number of imidazole rings is 1. The summed E-state index contributed by atoms with van der Waals surface area (Å²) < 4.78 is 38.8. The van der Waals surface area contributed by atoms with Gasteiger partial charge in [-0.1, -0.05) is 0 Å². The van der Waals surface area contributed by atoms with Crippen LogP contribution in [0, 0.1) is 0 Å². The number of anilines is 1. The lowest BCUT2D eigenvalue weighted by molar-refractivity contribution is -0.141. The summed E-state index contributed by atoms with van der Waals surface area (Å²) in [5.74, 6) is -4.04. The first-order valence-electron chi connectivity index (χ1n) is 8.85. The molecule has 4 rings (SSSR count). The van der Waals surface area contributed by atoms with Gasteiger partial charge >= 0.3 is 6.18 Å². The standard InChI is InChI=1S/C18H12F3N5O5/c19-18(20,21)13-12(22-6-23-13)15(29)24-7-1-2-8-9(5-7)17(31)26(16(8)30)10-3-4-11(27)25-14(10)28/h1-2,5-6,10H,3-4H2,(H,22,23)(H,24,29)(H,25,27,28). The van der Waals surface area contributed by atoms with Crippen molar-refractivity contribution in [1.29, 1.82) is 0 Å². The van der Waals surface area contributed by atoms with Crippen molar-refractivity contribution in [3.8, 4) is 0 Å². The summed E-state index contributed by atoms with van der Waals surface area (Å²) in [6.45, 7) is 0. The van der Waals surface area contributed by atoms with E-state index in [0.717, 1.165) is 17.3 Å². The van der Waals surface area contributed by atoms with Crippen molar-refractivity contribution in [2.45, 2.75) is 25.1 Å². The van der Waals surface area contributed by atoms with E-state index in [-0.39, 0.29) is 29.7 Å². The topological polar surface area (TPSA) is 141 Å². The van der Waals surface area contributed by atoms with Crippen LogP contribution in [0.3, 0.4) is 0 Å². The molecule has 0 aliphatic carbocycles. The Morgan fingerprint density at radius 1 is 1.13 bits per heavy atom. The fourth-order valence-electron chi connectivity index (χ4n) is 3.42. The number of halogens is 3. The molecule has 160 valence electrons. The predicted molar refractivity (Wildman–Crippen MR) is 94.7 cm³/mol. The monoisotopic (exact) mass is 435 g/mol. The maximum absolute atomic E-state index is 12.9. The number of imide groups is 2. The van der Waals surface area contributed by atoms with Crippen molar-refractivity contribution >= 4 is 35.2 Å². The van der Waals surface area contributed by atoms with E-state index < -0.39 is 53.1 Å². The fraction of sp³-hybridized carbons (Fsp3) is 0.222. The molecule has 0 spiro atoms. The molecule has 1 aromatic heterocycles. The Bertz CT molecular complexity index is 1160. The van der Waals surface area contributed by atoms with Crippen LogP contribution in [0.2, 0.25) is 0 Å². The zero-order valence-electron chi connectivity index (χ0n) is 15.4. The lowest BCUT2D eigenvalue weighted by atomic mass is 10.0. The number of hydrogen-bond donors (Lipinski definition) is 3. The summed E-state index contributed by atoms with van der Waals surface area (Å²) in [5, 5.41) is 4.27. The number of aromatic amines is 1. The molecule has 3 heterocycles. The van der Waals surface area contributed by atoms with Crippen LogP contribution in [-0.2, 0) is 15.8 Å². The third-order valence-corrected chi connectivity index (χ3v) is 4.84. The van der Waals surface area contributed by atoms with Gasteiger partial charge in [-0.3, -0.25) is 34.2 Å². The minimum atomic E-state index is -4.83. The molecule has 13 heteroatoms. The number of H-pyrrole nitrogens is 1. The molecule has 31 heavy (non-hydrogen) atoms. The zero-order valence-corrected chi connectivity index (χ0v) is 15.4. The van der Waals surface area contributed by atoms with Gasteiger partial charge in [-0.2, -0.15) is 13.2 Å². The van der Waals surface area contributed by atoms with Crippen molar-refractivity contribution in [1.82, 2.24) is 20.2 Å². The summed E-state index contributed by atoms with van der Waals surface area (Å²) in [6.07, 6.45) is -4.18. The Hall–Kier alpha value is -4.03. The fourth-order valence-corrected chi connectivity index (χ4v) is 3.42. The van der Waals surface area contributed by atoms with Crippen molar-refractivity contribution in [3.05, 3.63) is 47.0 Å². The van der Waals surface area contributed by atoms with E-state index in [1.165, 1.54) is 12.1 Å². The van der Waals surface area contributed by atoms with E-state index in [4.69, 9.17) is 0 Å². The van der Waals surface area contributed by atoms with Gasteiger partial charge in [0, 0.05) is 12.1 Å². The van der Waals surface area contributed by atoms with Gasteiger partial charge in [-0.05, 0) is 24.6 Å². The van der Waals surface area contributed by atoms with Crippen LogP contribution in [0.25, 0.3) is 0 Å². The van der Waals surface area contributed by atoms with E-state index in [2.05, 4.69) is 15.6 Å². The van der Waals surface area contributed by atoms with Gasteiger partial charge in [-0.25, -0.2) is 4.98 Å². The second kappa shape index (κ2) is 7.04. The van der Waals surface area contributed by atoms with Gasteiger partial charge in [0.2, 0.25) is 11.8 Å². The van der Waals surface area contributed by atoms with Crippen molar-refractivity contribution in [2.75, 3.05) is 5.32 Å². The molecule has 2 aliphatic heterocycles. The SMILES string of the molecule is O=C1CCC(N2C(=O)c3ccc(NC(=O)c4nc[nH]c4C(F)(F)F)cc3C2=O)C(=O)N1. The lowest BCUT2D eigenvalue weighted by Crippen LogP contribution is -2.54. The Kier molecular flexibility index (Phi) is 4.60. The predicted octanol–water partition coefficient (Wildman–Crippen LogP) is 1.08. The van der Waals surface area contributed by atoms with Crippen LogP contribution >= 0.6 is 0 Å². The van der Waals surface area contributed by atoms with E-state index in [0.29, 0.717) is 0 Å². The number of carbonyl (C=O) groups excluding carboxylic acids is 5.